The molecule has 2 aliphatic rings. The predicted molar refractivity (Wildman–Crippen MR) is 86.9 cm³/mol. The van der Waals surface area contributed by atoms with E-state index in [-0.39, 0.29) is 6.03 Å². The van der Waals surface area contributed by atoms with Gasteiger partial charge in [0.25, 0.3) is 0 Å². The molecule has 0 bridgehead atoms. The van der Waals surface area contributed by atoms with E-state index in [2.05, 4.69) is 12.1 Å². The quantitative estimate of drug-likeness (QED) is 0.883. The molecule has 0 spiro atoms. The van der Waals surface area contributed by atoms with E-state index in [0.29, 0.717) is 6.79 Å². The van der Waals surface area contributed by atoms with Crippen LogP contribution >= 0.6 is 0 Å². The molecular weight excluding hydrogens is 294 g/mol. The number of carbonyl (C=O) groups is 1. The molecule has 0 atom stereocenters. The second-order valence-corrected chi connectivity index (χ2v) is 6.06. The Kier molecular flexibility index (Phi) is 4.91. The van der Waals surface area contributed by atoms with Crippen molar-refractivity contribution in [3.05, 3.63) is 23.8 Å². The lowest BCUT2D eigenvalue weighted by Gasteiger charge is -2.35. The first-order chi connectivity index (χ1) is 11.2. The maximum Gasteiger partial charge on any atom is 0.320 e. The van der Waals surface area contributed by atoms with Crippen LogP contribution in [-0.2, 0) is 6.54 Å². The zero-order valence-electron chi connectivity index (χ0n) is 14.0. The number of ether oxygens (including phenoxy) is 2. The third kappa shape index (κ3) is 3.52. The Morgan fingerprint density at radius 2 is 1.87 bits per heavy atom. The average molecular weight is 320 g/mol. The lowest BCUT2D eigenvalue weighted by molar-refractivity contribution is -0.917. The highest BCUT2D eigenvalue weighted by molar-refractivity contribution is 5.74. The van der Waals surface area contributed by atoms with Crippen LogP contribution in [0.1, 0.15) is 19.4 Å². The van der Waals surface area contributed by atoms with Crippen LogP contribution in [0.5, 0.6) is 11.5 Å². The summed E-state index contributed by atoms with van der Waals surface area (Å²) in [6, 6.07) is 6.34. The van der Waals surface area contributed by atoms with E-state index in [1.165, 1.54) is 10.5 Å². The molecular formula is C17H26N3O3+. The van der Waals surface area contributed by atoms with Gasteiger partial charge < -0.3 is 24.2 Å². The SMILES string of the molecule is CCN(CC)C(=O)N1CC[NH+](Cc2ccc3c(c2)OCO3)CC1. The second kappa shape index (κ2) is 7.08. The zero-order chi connectivity index (χ0) is 16.2. The third-order valence-electron chi connectivity index (χ3n) is 4.67. The second-order valence-electron chi connectivity index (χ2n) is 6.06. The van der Waals surface area contributed by atoms with E-state index in [9.17, 15) is 4.79 Å². The molecule has 2 amide bonds. The van der Waals surface area contributed by atoms with Crippen LogP contribution in [0.15, 0.2) is 18.2 Å². The number of benzene rings is 1. The summed E-state index contributed by atoms with van der Waals surface area (Å²) in [4.78, 5) is 17.7. The van der Waals surface area contributed by atoms with Crippen LogP contribution in [0, 0.1) is 0 Å². The van der Waals surface area contributed by atoms with Gasteiger partial charge in [-0.15, -0.1) is 0 Å². The van der Waals surface area contributed by atoms with Gasteiger partial charge in [-0.3, -0.25) is 0 Å². The fraction of sp³-hybridized carbons (Fsp3) is 0.588. The highest BCUT2D eigenvalue weighted by atomic mass is 16.7. The molecule has 23 heavy (non-hydrogen) atoms. The summed E-state index contributed by atoms with van der Waals surface area (Å²) in [7, 11) is 0. The van der Waals surface area contributed by atoms with Gasteiger partial charge in [-0.25, -0.2) is 4.79 Å². The van der Waals surface area contributed by atoms with E-state index in [0.717, 1.165) is 57.3 Å². The number of urea groups is 1. The number of piperazine rings is 1. The predicted octanol–water partition coefficient (Wildman–Crippen LogP) is 0.578. The van der Waals surface area contributed by atoms with E-state index >= 15 is 0 Å². The number of nitrogens with zero attached hydrogens (tertiary/aromatic N) is 2. The van der Waals surface area contributed by atoms with Gasteiger partial charge in [0.15, 0.2) is 11.5 Å². The Labute approximate surface area is 137 Å². The van der Waals surface area contributed by atoms with E-state index < -0.39 is 0 Å². The molecule has 6 nitrogen and oxygen atoms in total. The fourth-order valence-electron chi connectivity index (χ4n) is 3.22. The van der Waals surface area contributed by atoms with E-state index in [1.54, 1.807) is 0 Å². The number of fused-ring (bicyclic) bond motifs is 1. The van der Waals surface area contributed by atoms with Gasteiger partial charge in [-0.2, -0.15) is 0 Å². The average Bonchev–Trinajstić information content (AvgIpc) is 3.04. The zero-order valence-corrected chi connectivity index (χ0v) is 14.0. The topological polar surface area (TPSA) is 46.5 Å². The van der Waals surface area contributed by atoms with Crippen molar-refractivity contribution in [1.29, 1.82) is 0 Å². The molecule has 2 aliphatic heterocycles. The van der Waals surface area contributed by atoms with Gasteiger partial charge in [0.05, 0.1) is 26.2 Å². The smallest absolute Gasteiger partial charge is 0.320 e. The van der Waals surface area contributed by atoms with Crippen molar-refractivity contribution < 1.29 is 19.2 Å². The molecule has 0 unspecified atom stereocenters. The first-order valence-electron chi connectivity index (χ1n) is 8.47. The Morgan fingerprint density at radius 1 is 1.17 bits per heavy atom. The van der Waals surface area contributed by atoms with E-state index in [1.807, 2.05) is 29.7 Å². The summed E-state index contributed by atoms with van der Waals surface area (Å²) < 4.78 is 10.8. The van der Waals surface area contributed by atoms with Crippen LogP contribution in [-0.4, -0.2) is 61.9 Å². The van der Waals surface area contributed by atoms with Gasteiger partial charge in [-0.1, -0.05) is 0 Å². The monoisotopic (exact) mass is 320 g/mol. The molecule has 1 aromatic carbocycles. The maximum atomic E-state index is 12.4. The first kappa shape index (κ1) is 15.9. The number of nitrogens with one attached hydrogen (secondary N) is 1. The molecule has 6 heteroatoms. The maximum absolute atomic E-state index is 12.4. The molecule has 2 heterocycles. The summed E-state index contributed by atoms with van der Waals surface area (Å²) in [5, 5.41) is 0. The first-order valence-corrected chi connectivity index (χ1v) is 8.47. The van der Waals surface area contributed by atoms with Crippen molar-refractivity contribution in [3.8, 4) is 11.5 Å². The van der Waals surface area contributed by atoms with Gasteiger partial charge in [0.2, 0.25) is 6.79 Å². The molecule has 0 aliphatic carbocycles. The molecule has 1 saturated heterocycles. The summed E-state index contributed by atoms with van der Waals surface area (Å²) in [5.41, 5.74) is 1.26. The van der Waals surface area contributed by atoms with Gasteiger partial charge in [-0.05, 0) is 32.0 Å². The summed E-state index contributed by atoms with van der Waals surface area (Å²) in [5.74, 6) is 1.68. The molecule has 1 fully saturated rings. The minimum atomic E-state index is 0.178. The molecule has 3 rings (SSSR count). The van der Waals surface area contributed by atoms with E-state index in [4.69, 9.17) is 9.47 Å². The normalized spacial score (nSPS) is 17.4. The van der Waals surface area contributed by atoms with Gasteiger partial charge in [0, 0.05) is 18.7 Å². The van der Waals surface area contributed by atoms with Crippen molar-refractivity contribution in [2.24, 2.45) is 0 Å². The Balaban J connectivity index is 1.52. The van der Waals surface area contributed by atoms with Crippen molar-refractivity contribution in [2.75, 3.05) is 46.1 Å². The lowest BCUT2D eigenvalue weighted by Crippen LogP contribution is -3.13. The number of carbonyl (C=O) groups excluding carboxylic acids is 1. The Morgan fingerprint density at radius 3 is 2.57 bits per heavy atom. The summed E-state index contributed by atoms with van der Waals surface area (Å²) >= 11 is 0. The van der Waals surface area contributed by atoms with Crippen molar-refractivity contribution in [2.45, 2.75) is 20.4 Å². The van der Waals surface area contributed by atoms with Crippen LogP contribution in [0.25, 0.3) is 0 Å². The largest absolute Gasteiger partial charge is 0.454 e. The Hall–Kier alpha value is -1.95. The van der Waals surface area contributed by atoms with Crippen LogP contribution in [0.2, 0.25) is 0 Å². The number of hydrogen-bond acceptors (Lipinski definition) is 3. The third-order valence-corrected chi connectivity index (χ3v) is 4.67. The highest BCUT2D eigenvalue weighted by Gasteiger charge is 2.26. The molecule has 126 valence electrons. The van der Waals surface area contributed by atoms with Gasteiger partial charge >= 0.3 is 6.03 Å². The number of rotatable bonds is 4. The highest BCUT2D eigenvalue weighted by Crippen LogP contribution is 2.32. The Bertz CT molecular complexity index is 552. The molecule has 1 aromatic rings. The molecule has 0 saturated carbocycles. The molecule has 1 N–H and O–H groups in total. The standard InChI is InChI=1S/C17H25N3O3/c1-3-19(4-2)17(21)20-9-7-18(8-10-20)12-14-5-6-15-16(11-14)23-13-22-15/h5-6,11H,3-4,7-10,12-13H2,1-2H3/p+1. The van der Waals surface area contributed by atoms with Gasteiger partial charge in [0.1, 0.15) is 6.54 Å². The summed E-state index contributed by atoms with van der Waals surface area (Å²) in [6.07, 6.45) is 0. The molecule has 0 radical (unpaired) electrons. The minimum Gasteiger partial charge on any atom is -0.454 e. The van der Waals surface area contributed by atoms with Crippen molar-refractivity contribution in [3.63, 3.8) is 0 Å². The number of amides is 2. The molecule has 0 aromatic heterocycles. The number of hydrogen-bond donors (Lipinski definition) is 1. The minimum absolute atomic E-state index is 0.178. The van der Waals surface area contributed by atoms with Crippen LogP contribution in [0.4, 0.5) is 4.79 Å². The van der Waals surface area contributed by atoms with Crippen molar-refractivity contribution in [1.82, 2.24) is 9.80 Å². The fourth-order valence-corrected chi connectivity index (χ4v) is 3.22. The summed E-state index contributed by atoms with van der Waals surface area (Å²) in [6.45, 7) is 10.5. The lowest BCUT2D eigenvalue weighted by atomic mass is 10.1. The van der Waals surface area contributed by atoms with Crippen LogP contribution in [0.3, 0.4) is 0 Å². The van der Waals surface area contributed by atoms with Crippen molar-refractivity contribution >= 4 is 6.03 Å². The number of quaternary nitrogens is 1. The van der Waals surface area contributed by atoms with Crippen LogP contribution < -0.4 is 14.4 Å².